The summed E-state index contributed by atoms with van der Waals surface area (Å²) in [6, 6.07) is 0. The molecule has 0 aromatic heterocycles. The molecule has 18 valence electrons. The molecule has 0 saturated heterocycles. The van der Waals surface area contributed by atoms with Crippen molar-refractivity contribution in [2.75, 3.05) is 0 Å². The Kier molecular flexibility index (Phi) is 69.9. The van der Waals surface area contributed by atoms with E-state index >= 15 is 0 Å². The molecule has 0 spiro atoms. The van der Waals surface area contributed by atoms with Crippen LogP contribution in [0.25, 0.3) is 0 Å². The van der Waals surface area contributed by atoms with Gasteiger partial charge in [-0.05, 0) is 0 Å². The van der Waals surface area contributed by atoms with Crippen LogP contribution in [0.1, 0.15) is 0 Å². The molecule has 0 saturated carbocycles. The van der Waals surface area contributed by atoms with Crippen LogP contribution in [0.3, 0.4) is 0 Å². The summed E-state index contributed by atoms with van der Waals surface area (Å²) >= 11 is 2.14. The van der Waals surface area contributed by atoms with Gasteiger partial charge >= 0.3 is 63.3 Å². The van der Waals surface area contributed by atoms with Gasteiger partial charge in [-0.1, -0.05) is 0 Å². The molecule has 0 rings (SSSR count). The molecular formula is H8AlCaLiSi. The molecule has 0 atom stereocenters. The number of hydrogen-bond acceptors (Lipinski definition) is 0. The van der Waals surface area contributed by atoms with Crippen LogP contribution in [0.5, 0.6) is 0 Å². The molecule has 0 amide bonds. The second kappa shape index (κ2) is 17.5. The average Bonchev–Trinajstić information content (AvgIpc) is 1.00. The standard InChI is InChI=1S/Al.Ca.Li.H3Si.5H/h;;;1H3;;;;;. The Labute approximate surface area is 79.2 Å². The van der Waals surface area contributed by atoms with Crippen molar-refractivity contribution in [3.05, 3.63) is 0 Å². The van der Waals surface area contributed by atoms with E-state index in [1.54, 1.807) is 0 Å². The molecule has 0 nitrogen and oxygen atoms in total. The second-order valence-corrected chi connectivity index (χ2v) is 0. The summed E-state index contributed by atoms with van der Waals surface area (Å²) in [5, 5.41) is 0. The predicted octanol–water partition coefficient (Wildman–Crippen LogP) is -3.66. The second-order valence-electron chi connectivity index (χ2n) is 0. The topological polar surface area (TPSA) is 0 Å². The molecule has 0 N–H and O–H groups in total. The van der Waals surface area contributed by atoms with Crippen molar-refractivity contribution in [1.82, 2.24) is 0 Å². The zero-order chi connectivity index (χ0) is 2.00. The fraction of sp³-hybridized carbons (Fsp3) is 0. The first-order chi connectivity index (χ1) is 1.00. The van der Waals surface area contributed by atoms with Gasteiger partial charge in [0.05, 0.1) is 0 Å². The quantitative estimate of drug-likeness (QED) is 0.282. The van der Waals surface area contributed by atoms with Crippen molar-refractivity contribution in [3.8, 4) is 0 Å². The van der Waals surface area contributed by atoms with Gasteiger partial charge in [0.2, 0.25) is 0 Å². The van der Waals surface area contributed by atoms with Gasteiger partial charge in [0.15, 0.2) is 17.4 Å². The van der Waals surface area contributed by atoms with Gasteiger partial charge in [0.1, 0.15) is 0 Å². The molecule has 0 aliphatic carbocycles. The van der Waals surface area contributed by atoms with E-state index in [-0.39, 0.29) is 55.1 Å². The zero-order valence-electron chi connectivity index (χ0n) is 2.00. The van der Waals surface area contributed by atoms with Crippen molar-refractivity contribution in [1.29, 1.82) is 0 Å². The first kappa shape index (κ1) is 16.0. The normalized spacial score (nSPS) is 2.50. The van der Waals surface area contributed by atoms with E-state index in [0.29, 0.717) is 0 Å². The third kappa shape index (κ3) is 8.82. The molecule has 0 unspecified atom stereocenters. The Morgan fingerprint density at radius 2 is 1.25 bits per heavy atom. The van der Waals surface area contributed by atoms with Crippen molar-refractivity contribution in [2.45, 2.75) is 0 Å². The van der Waals surface area contributed by atoms with Crippen molar-refractivity contribution in [3.63, 3.8) is 0 Å². The summed E-state index contributed by atoms with van der Waals surface area (Å²) in [5.74, 6) is 0. The average molecular weight is 110 g/mol. The zero-order valence-corrected chi connectivity index (χ0v) is 4.00. The minimum absolute atomic E-state index is 0. The molecule has 0 aliphatic heterocycles. The molecule has 0 bridgehead atoms. The molecule has 0 radical (unpaired) electrons. The van der Waals surface area contributed by atoms with Crippen molar-refractivity contribution >= 4 is 80.7 Å². The van der Waals surface area contributed by atoms with Gasteiger partial charge in [0.25, 0.3) is 0 Å². The molecule has 0 fully saturated rings. The Morgan fingerprint density at radius 1 is 1.25 bits per heavy atom. The van der Waals surface area contributed by atoms with E-state index in [2.05, 4.69) is 17.0 Å². The van der Waals surface area contributed by atoms with Crippen molar-refractivity contribution in [2.24, 2.45) is 0 Å². The maximum absolute atomic E-state index is 2.14. The van der Waals surface area contributed by atoms with Crippen LogP contribution in [0.15, 0.2) is 0 Å². The predicted molar refractivity (Wildman–Crippen MR) is 34.2 cm³/mol. The molecule has 0 aliphatic rings. The van der Waals surface area contributed by atoms with Crippen LogP contribution in [0, 0.1) is 0 Å². The SMILES string of the molecule is [AlH3].[CaH2].[Li][SiH3]. The minimum atomic E-state index is 0. The number of rotatable bonds is 0. The maximum atomic E-state index is 2.14. The van der Waals surface area contributed by atoms with Gasteiger partial charge in [-0.3, -0.25) is 0 Å². The Morgan fingerprint density at radius 3 is 1.25 bits per heavy atom. The Bertz CT molecular complexity index is 8.00. The Hall–Kier alpha value is 2.61. The molecular weight excluding hydrogens is 102 g/mol. The summed E-state index contributed by atoms with van der Waals surface area (Å²) < 4.78 is 0. The van der Waals surface area contributed by atoms with Crippen LogP contribution in [-0.4, -0.2) is 80.7 Å². The van der Waals surface area contributed by atoms with Crippen LogP contribution in [0.2, 0.25) is 0 Å². The summed E-state index contributed by atoms with van der Waals surface area (Å²) in [4.78, 5) is 0. The van der Waals surface area contributed by atoms with Crippen LogP contribution in [-0.2, 0) is 0 Å². The Balaban J connectivity index is -0.00000000500. The fourth-order valence-electron chi connectivity index (χ4n) is 0. The van der Waals surface area contributed by atoms with Gasteiger partial charge < -0.3 is 0 Å². The van der Waals surface area contributed by atoms with Crippen molar-refractivity contribution < 1.29 is 0 Å². The third-order valence-corrected chi connectivity index (χ3v) is 0. The van der Waals surface area contributed by atoms with Crippen LogP contribution < -0.4 is 0 Å². The summed E-state index contributed by atoms with van der Waals surface area (Å²) in [6.45, 7) is 0. The molecule has 4 heavy (non-hydrogen) atoms. The van der Waals surface area contributed by atoms with Gasteiger partial charge in [-0.15, -0.1) is 0 Å². The summed E-state index contributed by atoms with van der Waals surface area (Å²) in [6.07, 6.45) is 0. The molecule has 0 heterocycles. The van der Waals surface area contributed by atoms with Gasteiger partial charge in [-0.25, -0.2) is 0 Å². The van der Waals surface area contributed by atoms with Crippen LogP contribution >= 0.6 is 0 Å². The van der Waals surface area contributed by atoms with E-state index in [0.717, 1.165) is 0 Å². The van der Waals surface area contributed by atoms with Gasteiger partial charge in [0, 0.05) is 0 Å². The van der Waals surface area contributed by atoms with E-state index in [1.807, 2.05) is 0 Å². The first-order valence-corrected chi connectivity index (χ1v) is 3.00. The molecule has 0 aromatic rings. The summed E-state index contributed by atoms with van der Waals surface area (Å²) in [5.41, 5.74) is 0. The summed E-state index contributed by atoms with van der Waals surface area (Å²) in [7, 11) is 1.31. The third-order valence-electron chi connectivity index (χ3n) is 0. The monoisotopic (exact) mass is 110 g/mol. The van der Waals surface area contributed by atoms with E-state index in [9.17, 15) is 0 Å². The molecule has 4 heteroatoms. The van der Waals surface area contributed by atoms with E-state index in [4.69, 9.17) is 0 Å². The van der Waals surface area contributed by atoms with Crippen LogP contribution in [0.4, 0.5) is 0 Å². The fourth-order valence-corrected chi connectivity index (χ4v) is 0. The first-order valence-electron chi connectivity index (χ1n) is 1.00. The van der Waals surface area contributed by atoms with E-state index < -0.39 is 0 Å². The molecule has 0 aromatic carbocycles. The van der Waals surface area contributed by atoms with E-state index in [1.165, 1.54) is 8.57 Å². The van der Waals surface area contributed by atoms with Gasteiger partial charge in [-0.2, -0.15) is 0 Å². The number of hydrogen-bond donors (Lipinski definition) is 0.